The van der Waals surface area contributed by atoms with E-state index in [-0.39, 0.29) is 24.7 Å². The van der Waals surface area contributed by atoms with Crippen molar-refractivity contribution in [3.63, 3.8) is 0 Å². The van der Waals surface area contributed by atoms with Gasteiger partial charge in [0.25, 0.3) is 0 Å². The van der Waals surface area contributed by atoms with E-state index in [0.29, 0.717) is 21.1 Å². The van der Waals surface area contributed by atoms with Gasteiger partial charge in [-0.1, -0.05) is 53.8 Å². The zero-order chi connectivity index (χ0) is 20.5. The predicted octanol–water partition coefficient (Wildman–Crippen LogP) is 5.96. The molecule has 1 amide bonds. The van der Waals surface area contributed by atoms with Crippen LogP contribution < -0.4 is 4.90 Å². The molecule has 0 aliphatic rings. The number of anilines is 1. The van der Waals surface area contributed by atoms with Gasteiger partial charge in [0.05, 0.1) is 29.4 Å². The first-order valence-corrected chi connectivity index (χ1v) is 10.3. The molecular weight excluding hydrogens is 399 g/mol. The summed E-state index contributed by atoms with van der Waals surface area (Å²) in [6.45, 7) is 0.263. The number of carbonyl (C=O) groups is 1. The molecule has 0 saturated carbocycles. The lowest BCUT2D eigenvalue weighted by molar-refractivity contribution is -0.118. The molecule has 0 fully saturated rings. The van der Waals surface area contributed by atoms with Gasteiger partial charge in [-0.25, -0.2) is 9.37 Å². The van der Waals surface area contributed by atoms with Gasteiger partial charge in [0.2, 0.25) is 5.91 Å². The van der Waals surface area contributed by atoms with E-state index in [2.05, 4.69) is 4.98 Å². The third-order valence-electron chi connectivity index (χ3n) is 4.99. The van der Waals surface area contributed by atoms with E-state index >= 15 is 0 Å². The van der Waals surface area contributed by atoms with Gasteiger partial charge in [0.1, 0.15) is 11.6 Å². The minimum Gasteiger partial charge on any atom is -0.467 e. The van der Waals surface area contributed by atoms with Crippen LogP contribution in [-0.4, -0.2) is 10.9 Å². The summed E-state index contributed by atoms with van der Waals surface area (Å²) in [5.41, 5.74) is 1.62. The maximum Gasteiger partial charge on any atom is 0.233 e. The Balaban J connectivity index is 1.52. The molecule has 2 heterocycles. The Hall–Kier alpha value is -3.51. The third kappa shape index (κ3) is 3.57. The first-order chi connectivity index (χ1) is 14.7. The molecule has 0 aliphatic carbocycles. The van der Waals surface area contributed by atoms with Crippen LogP contribution in [0, 0.1) is 5.82 Å². The van der Waals surface area contributed by atoms with E-state index in [1.54, 1.807) is 23.3 Å². The maximum absolute atomic E-state index is 13.6. The van der Waals surface area contributed by atoms with Crippen LogP contribution in [0.2, 0.25) is 0 Å². The number of rotatable bonds is 5. The number of hydrogen-bond acceptors (Lipinski definition) is 4. The fraction of sp³-hybridized carbons (Fsp3) is 0.0833. The Labute approximate surface area is 176 Å². The molecular formula is C24H17FN2O2S. The quantitative estimate of drug-likeness (QED) is 0.355. The molecule has 148 valence electrons. The molecule has 6 heteroatoms. The molecule has 0 radical (unpaired) electrons. The third-order valence-corrected chi connectivity index (χ3v) is 6.03. The summed E-state index contributed by atoms with van der Waals surface area (Å²) in [6.07, 6.45) is 1.81. The van der Waals surface area contributed by atoms with Crippen LogP contribution in [0.3, 0.4) is 0 Å². The zero-order valence-corrected chi connectivity index (χ0v) is 16.7. The van der Waals surface area contributed by atoms with Gasteiger partial charge < -0.3 is 4.42 Å². The van der Waals surface area contributed by atoms with Crippen LogP contribution >= 0.6 is 11.3 Å². The van der Waals surface area contributed by atoms with Crippen LogP contribution in [0.15, 0.2) is 83.5 Å². The van der Waals surface area contributed by atoms with Crippen molar-refractivity contribution < 1.29 is 13.6 Å². The first kappa shape index (κ1) is 18.5. The van der Waals surface area contributed by atoms with Crippen LogP contribution in [0.4, 0.5) is 9.52 Å². The zero-order valence-electron chi connectivity index (χ0n) is 15.9. The van der Waals surface area contributed by atoms with E-state index in [0.717, 1.165) is 16.3 Å². The van der Waals surface area contributed by atoms with Crippen LogP contribution in [0.25, 0.3) is 21.0 Å². The minimum absolute atomic E-state index is 0.0951. The first-order valence-electron chi connectivity index (χ1n) is 9.53. The van der Waals surface area contributed by atoms with Crippen molar-refractivity contribution in [1.29, 1.82) is 0 Å². The van der Waals surface area contributed by atoms with E-state index < -0.39 is 0 Å². The molecule has 0 saturated heterocycles. The van der Waals surface area contributed by atoms with Gasteiger partial charge >= 0.3 is 0 Å². The van der Waals surface area contributed by atoms with E-state index in [4.69, 9.17) is 4.42 Å². The fourth-order valence-electron chi connectivity index (χ4n) is 3.53. The van der Waals surface area contributed by atoms with E-state index in [1.807, 2.05) is 48.5 Å². The summed E-state index contributed by atoms with van der Waals surface area (Å²) < 4.78 is 19.8. The summed E-state index contributed by atoms with van der Waals surface area (Å²) in [7, 11) is 0. The predicted molar refractivity (Wildman–Crippen MR) is 117 cm³/mol. The van der Waals surface area contributed by atoms with Crippen molar-refractivity contribution >= 4 is 43.4 Å². The Morgan fingerprint density at radius 1 is 1.03 bits per heavy atom. The maximum atomic E-state index is 13.6. The van der Waals surface area contributed by atoms with Gasteiger partial charge in [-0.2, -0.15) is 0 Å². The second-order valence-electron chi connectivity index (χ2n) is 6.98. The molecule has 3 aromatic carbocycles. The van der Waals surface area contributed by atoms with Crippen molar-refractivity contribution in [2.75, 3.05) is 4.90 Å². The number of thiazole rings is 1. The Kier molecular flexibility index (Phi) is 4.77. The number of halogens is 1. The molecule has 2 aromatic heterocycles. The SMILES string of the molecule is O=C(Cc1cccc2ccccc12)N(Cc1ccco1)c1nc2ccc(F)cc2s1. The van der Waals surface area contributed by atoms with Crippen molar-refractivity contribution in [2.45, 2.75) is 13.0 Å². The molecule has 0 aliphatic heterocycles. The summed E-state index contributed by atoms with van der Waals surface area (Å²) in [5.74, 6) is 0.242. The summed E-state index contributed by atoms with van der Waals surface area (Å²) in [4.78, 5) is 19.6. The Morgan fingerprint density at radius 2 is 1.90 bits per heavy atom. The molecule has 0 N–H and O–H groups in total. The highest BCUT2D eigenvalue weighted by atomic mass is 32.1. The molecule has 0 spiro atoms. The highest BCUT2D eigenvalue weighted by Crippen LogP contribution is 2.31. The van der Waals surface area contributed by atoms with Gasteiger partial charge in [0.15, 0.2) is 5.13 Å². The number of amides is 1. The standard InChI is InChI=1S/C24H17FN2O2S/c25-18-10-11-21-22(14-18)30-24(26-21)27(15-19-8-4-12-29-19)23(28)13-17-7-3-6-16-5-1-2-9-20(16)17/h1-12,14H,13,15H2. The van der Waals surface area contributed by atoms with Crippen LogP contribution in [0.1, 0.15) is 11.3 Å². The van der Waals surface area contributed by atoms with Crippen molar-refractivity contribution in [2.24, 2.45) is 0 Å². The molecule has 0 atom stereocenters. The molecule has 4 nitrogen and oxygen atoms in total. The number of benzene rings is 3. The monoisotopic (exact) mass is 416 g/mol. The highest BCUT2D eigenvalue weighted by molar-refractivity contribution is 7.22. The second-order valence-corrected chi connectivity index (χ2v) is 7.99. The average molecular weight is 416 g/mol. The Bertz CT molecular complexity index is 1340. The number of fused-ring (bicyclic) bond motifs is 2. The van der Waals surface area contributed by atoms with Crippen molar-refractivity contribution in [3.05, 3.63) is 96.2 Å². The van der Waals surface area contributed by atoms with E-state index in [9.17, 15) is 9.18 Å². The number of furan rings is 1. The normalized spacial score (nSPS) is 11.2. The number of hydrogen-bond donors (Lipinski definition) is 0. The minimum atomic E-state index is -0.322. The van der Waals surface area contributed by atoms with Gasteiger partial charge in [-0.05, 0) is 46.7 Å². The molecule has 30 heavy (non-hydrogen) atoms. The average Bonchev–Trinajstić information content (AvgIpc) is 3.41. The van der Waals surface area contributed by atoms with Crippen LogP contribution in [0.5, 0.6) is 0 Å². The van der Waals surface area contributed by atoms with Crippen molar-refractivity contribution in [1.82, 2.24) is 4.98 Å². The summed E-state index contributed by atoms with van der Waals surface area (Å²) in [5, 5.41) is 2.67. The largest absolute Gasteiger partial charge is 0.467 e. The smallest absolute Gasteiger partial charge is 0.233 e. The number of carbonyl (C=O) groups excluding carboxylic acids is 1. The summed E-state index contributed by atoms with van der Waals surface area (Å²) >= 11 is 1.30. The number of aromatic nitrogens is 1. The van der Waals surface area contributed by atoms with Crippen molar-refractivity contribution in [3.8, 4) is 0 Å². The second kappa shape index (κ2) is 7.72. The molecule has 0 bridgehead atoms. The lowest BCUT2D eigenvalue weighted by atomic mass is 10.0. The van der Waals surface area contributed by atoms with Gasteiger partial charge in [-0.15, -0.1) is 0 Å². The fourth-order valence-corrected chi connectivity index (χ4v) is 4.53. The lowest BCUT2D eigenvalue weighted by Gasteiger charge is -2.19. The molecule has 5 rings (SSSR count). The Morgan fingerprint density at radius 3 is 2.77 bits per heavy atom. The highest BCUT2D eigenvalue weighted by Gasteiger charge is 2.22. The number of nitrogens with zero attached hydrogens (tertiary/aromatic N) is 2. The molecule has 0 unspecified atom stereocenters. The topological polar surface area (TPSA) is 46.3 Å². The van der Waals surface area contributed by atoms with Gasteiger partial charge in [-0.3, -0.25) is 9.69 Å². The lowest BCUT2D eigenvalue weighted by Crippen LogP contribution is -2.31. The molecule has 5 aromatic rings. The van der Waals surface area contributed by atoms with Crippen LogP contribution in [-0.2, 0) is 17.8 Å². The van der Waals surface area contributed by atoms with Gasteiger partial charge in [0, 0.05) is 0 Å². The summed E-state index contributed by atoms with van der Waals surface area (Å²) in [6, 6.07) is 22.0. The van der Waals surface area contributed by atoms with E-state index in [1.165, 1.54) is 23.5 Å².